The van der Waals surface area contributed by atoms with Gasteiger partial charge in [-0.15, -0.1) is 54.5 Å². The van der Waals surface area contributed by atoms with Gasteiger partial charge in [0.1, 0.15) is 8.07 Å². The summed E-state index contributed by atoms with van der Waals surface area (Å²) in [4.78, 5) is 3.21. The molecule has 1 atom stereocenters. The van der Waals surface area contributed by atoms with Gasteiger partial charge in [-0.1, -0.05) is 53.5 Å². The number of allylic oxidation sites excluding steroid dienone is 6. The second-order valence-corrected chi connectivity index (χ2v) is 12.1. The van der Waals surface area contributed by atoms with Crippen LogP contribution in [0.15, 0.2) is 74.8 Å². The molecule has 2 aromatic rings. The molecule has 3 aliphatic rings. The maximum absolute atomic E-state index is 2.48. The molecule has 1 fully saturated rings. The first-order valence-electron chi connectivity index (χ1n) is 7.51. The van der Waals surface area contributed by atoms with Crippen molar-refractivity contribution in [2.24, 2.45) is 5.92 Å². The molecule has 0 radical (unpaired) electrons. The molecule has 1 saturated heterocycles. The predicted molar refractivity (Wildman–Crippen MR) is 111 cm³/mol. The van der Waals surface area contributed by atoms with Gasteiger partial charge in [0.25, 0.3) is 0 Å². The minimum absolute atomic E-state index is 0. The van der Waals surface area contributed by atoms with Crippen molar-refractivity contribution >= 4 is 55.4 Å². The average Bonchev–Trinajstić information content (AvgIpc) is 3.09. The molecule has 0 saturated carbocycles. The Balaban J connectivity index is 0.000000220. The Kier molecular flexibility index (Phi) is 7.54. The number of thioether (sulfide) groups is 1. The summed E-state index contributed by atoms with van der Waals surface area (Å²) >= 11 is 2.01. The van der Waals surface area contributed by atoms with Crippen LogP contribution in [0, 0.1) is 5.92 Å². The second kappa shape index (κ2) is 8.18. The zero-order chi connectivity index (χ0) is 14.6. The molecule has 0 spiro atoms. The molecule has 2 heterocycles. The van der Waals surface area contributed by atoms with Gasteiger partial charge in [0.15, 0.2) is 0 Å². The van der Waals surface area contributed by atoms with Gasteiger partial charge < -0.3 is 0 Å². The predicted octanol–water partition coefficient (Wildman–Crippen LogP) is 6.65. The summed E-state index contributed by atoms with van der Waals surface area (Å²) in [5, 5.41) is 6.26. The van der Waals surface area contributed by atoms with Crippen molar-refractivity contribution in [2.45, 2.75) is 20.0 Å². The van der Waals surface area contributed by atoms with E-state index in [2.05, 4.69) is 74.6 Å². The quantitative estimate of drug-likeness (QED) is 0.306. The van der Waals surface area contributed by atoms with Crippen LogP contribution >= 0.6 is 36.6 Å². The summed E-state index contributed by atoms with van der Waals surface area (Å²) in [6.45, 7) is 7.26. The van der Waals surface area contributed by atoms with Crippen LogP contribution in [0.4, 0.5) is 0 Å². The minimum atomic E-state index is -1.06. The van der Waals surface area contributed by atoms with E-state index in [9.17, 15) is 0 Å². The number of benzene rings is 1. The van der Waals surface area contributed by atoms with Crippen molar-refractivity contribution < 1.29 is 26.2 Å². The smallest absolute Gasteiger partial charge is 0.106 e. The second-order valence-electron chi connectivity index (χ2n) is 6.48. The Morgan fingerprint density at radius 3 is 2.46 bits per heavy atom. The molecule has 2 aliphatic heterocycles. The van der Waals surface area contributed by atoms with E-state index >= 15 is 0 Å². The Morgan fingerprint density at radius 2 is 1.75 bits per heavy atom. The molecule has 5 heteroatoms. The van der Waals surface area contributed by atoms with Crippen molar-refractivity contribution in [3.05, 3.63) is 74.8 Å². The van der Waals surface area contributed by atoms with Crippen LogP contribution in [0.5, 0.6) is 0 Å². The molecule has 0 amide bonds. The SMILES string of the molecule is CC1=C2C3C(=CC=C3[Si]2(C)C)S1.Cl.Cl.[Zr].c1ccc2[cH-]ccc2c1. The van der Waals surface area contributed by atoms with Crippen LogP contribution in [0.3, 0.4) is 0 Å². The zero-order valence-electron chi connectivity index (χ0n) is 14.0. The molecule has 0 nitrogen and oxygen atoms in total. The van der Waals surface area contributed by atoms with Gasteiger partial charge in [-0.3, -0.25) is 0 Å². The Bertz CT molecular complexity index is 803. The van der Waals surface area contributed by atoms with E-state index < -0.39 is 8.07 Å². The van der Waals surface area contributed by atoms with Crippen molar-refractivity contribution in [2.75, 3.05) is 0 Å². The van der Waals surface area contributed by atoms with E-state index in [0.717, 1.165) is 5.92 Å². The summed E-state index contributed by atoms with van der Waals surface area (Å²) in [5.74, 6) is 0.789. The number of fused-ring (bicyclic) bond motifs is 1. The maximum Gasteiger partial charge on any atom is 0.106 e. The largest absolute Gasteiger partial charge is 0.168 e. The van der Waals surface area contributed by atoms with Crippen LogP contribution in [-0.2, 0) is 26.2 Å². The topological polar surface area (TPSA) is 0 Å². The van der Waals surface area contributed by atoms with E-state index in [1.807, 2.05) is 17.0 Å². The first-order chi connectivity index (χ1) is 10.1. The van der Waals surface area contributed by atoms with Crippen LogP contribution in [0.1, 0.15) is 6.92 Å². The number of hydrogen-bond acceptors (Lipinski definition) is 1. The van der Waals surface area contributed by atoms with Crippen LogP contribution in [0.25, 0.3) is 10.8 Å². The van der Waals surface area contributed by atoms with Crippen LogP contribution in [0.2, 0.25) is 13.1 Å². The summed E-state index contributed by atoms with van der Waals surface area (Å²) in [6, 6.07) is 14.7. The summed E-state index contributed by atoms with van der Waals surface area (Å²) < 4.78 is 0. The van der Waals surface area contributed by atoms with Gasteiger partial charge in [0.05, 0.1) is 0 Å². The van der Waals surface area contributed by atoms with Crippen molar-refractivity contribution in [1.82, 2.24) is 0 Å². The molecule has 1 aliphatic carbocycles. The third kappa shape index (κ3) is 3.35. The zero-order valence-corrected chi connectivity index (χ0v) is 19.9. The van der Waals surface area contributed by atoms with Crippen molar-refractivity contribution in [3.63, 3.8) is 0 Å². The van der Waals surface area contributed by atoms with Crippen molar-refractivity contribution in [3.8, 4) is 0 Å². The molecule has 2 aromatic carbocycles. The fourth-order valence-corrected chi connectivity index (χ4v) is 9.59. The molecule has 0 bridgehead atoms. The standard InChI is InChI=1S/C10H12SSi.C9H7.2ClH.Zr/c1-6-10-9-7(11-6)4-5-8(9)12(10,2)3;1-2-5-9-7-3-6-8(9)4-1;;;/h4-5,9H,1-3H3;1-7H;2*1H;/q;-1;;;. The summed E-state index contributed by atoms with van der Waals surface area (Å²) in [5.41, 5.74) is 0. The molecule has 0 N–H and O–H groups in total. The van der Waals surface area contributed by atoms with Gasteiger partial charge in [0.2, 0.25) is 0 Å². The molecule has 1 unspecified atom stereocenters. The molecule has 126 valence electrons. The van der Waals surface area contributed by atoms with E-state index in [1.165, 1.54) is 10.8 Å². The van der Waals surface area contributed by atoms with Crippen LogP contribution < -0.4 is 0 Å². The molecular weight excluding hydrogens is 450 g/mol. The van der Waals surface area contributed by atoms with Gasteiger partial charge in [-0.25, -0.2) is 0 Å². The monoisotopic (exact) mass is 469 g/mol. The van der Waals surface area contributed by atoms with E-state index in [1.54, 1.807) is 15.0 Å². The van der Waals surface area contributed by atoms with E-state index in [0.29, 0.717) is 0 Å². The average molecular weight is 472 g/mol. The molecule has 24 heavy (non-hydrogen) atoms. The molecular formula is C19H21Cl2SSiZr-. The summed E-state index contributed by atoms with van der Waals surface area (Å²) in [7, 11) is -1.06. The number of halogens is 2. The first-order valence-corrected chi connectivity index (χ1v) is 11.3. The first kappa shape index (κ1) is 22.1. The third-order valence-electron chi connectivity index (χ3n) is 4.90. The Hall–Kier alpha value is 0.0800. The van der Waals surface area contributed by atoms with Gasteiger partial charge in [-0.05, 0) is 16.7 Å². The van der Waals surface area contributed by atoms with Gasteiger partial charge in [-0.2, -0.15) is 17.5 Å². The normalized spacial score (nSPS) is 21.0. The third-order valence-corrected chi connectivity index (χ3v) is 10.1. The number of rotatable bonds is 0. The van der Waals surface area contributed by atoms with E-state index in [4.69, 9.17) is 0 Å². The van der Waals surface area contributed by atoms with Crippen LogP contribution in [-0.4, -0.2) is 8.07 Å². The maximum atomic E-state index is 2.48. The Labute approximate surface area is 181 Å². The fraction of sp³-hybridized carbons (Fsp3) is 0.211. The van der Waals surface area contributed by atoms with E-state index in [-0.39, 0.29) is 51.0 Å². The van der Waals surface area contributed by atoms with Gasteiger partial charge in [0, 0.05) is 32.1 Å². The summed E-state index contributed by atoms with van der Waals surface area (Å²) in [6.07, 6.45) is 4.72. The van der Waals surface area contributed by atoms with Gasteiger partial charge >= 0.3 is 0 Å². The minimum Gasteiger partial charge on any atom is -0.168 e. The molecule has 0 aromatic heterocycles. The number of hydrogen-bond donors (Lipinski definition) is 0. The fourth-order valence-electron chi connectivity index (χ4n) is 3.86. The molecule has 5 rings (SSSR count). The Morgan fingerprint density at radius 1 is 1.04 bits per heavy atom. The van der Waals surface area contributed by atoms with Crippen molar-refractivity contribution in [1.29, 1.82) is 0 Å².